The molecule has 0 bridgehead atoms. The summed E-state index contributed by atoms with van der Waals surface area (Å²) < 4.78 is 48.1. The number of methoxy groups -OCH3 is 1. The molecule has 0 saturated carbocycles. The van der Waals surface area contributed by atoms with Gasteiger partial charge in [0.15, 0.2) is 11.0 Å². The van der Waals surface area contributed by atoms with Gasteiger partial charge in [-0.05, 0) is 72.9 Å². The Bertz CT molecular complexity index is 1720. The highest BCUT2D eigenvalue weighted by molar-refractivity contribution is 8.14. The fraction of sp³-hybridized carbons (Fsp3) is 0.303. The number of hydrogen-bond donors (Lipinski definition) is 0. The van der Waals surface area contributed by atoms with E-state index >= 15 is 0 Å². The number of benzene rings is 3. The summed E-state index contributed by atoms with van der Waals surface area (Å²) >= 11 is 1.55. The van der Waals surface area contributed by atoms with Crippen LogP contribution >= 0.6 is 11.8 Å². The summed E-state index contributed by atoms with van der Waals surface area (Å²) in [7, 11) is 1.65. The van der Waals surface area contributed by atoms with Crippen LogP contribution in [-0.2, 0) is 6.42 Å². The number of halogens is 3. The van der Waals surface area contributed by atoms with E-state index in [0.29, 0.717) is 23.1 Å². The van der Waals surface area contributed by atoms with Crippen molar-refractivity contribution in [2.45, 2.75) is 51.9 Å². The number of rotatable bonds is 8. The van der Waals surface area contributed by atoms with Crippen LogP contribution in [0.3, 0.4) is 0 Å². The minimum Gasteiger partial charge on any atom is -0.497 e. The lowest BCUT2D eigenvalue weighted by atomic mass is 9.99. The van der Waals surface area contributed by atoms with Crippen LogP contribution < -0.4 is 14.4 Å². The highest BCUT2D eigenvalue weighted by atomic mass is 32.2. The van der Waals surface area contributed by atoms with Gasteiger partial charge in [-0.1, -0.05) is 49.9 Å². The van der Waals surface area contributed by atoms with Crippen LogP contribution in [0.5, 0.6) is 11.5 Å². The Kier molecular flexibility index (Phi) is 10.1. The summed E-state index contributed by atoms with van der Waals surface area (Å²) in [6.07, 6.45) is -0.337. The molecule has 4 aromatic rings. The number of thioether (sulfide) groups is 1. The van der Waals surface area contributed by atoms with E-state index in [4.69, 9.17) is 4.74 Å². The van der Waals surface area contributed by atoms with E-state index in [1.165, 1.54) is 35.3 Å². The summed E-state index contributed by atoms with van der Waals surface area (Å²) in [6, 6.07) is 18.4. The first kappa shape index (κ1) is 32.7. The van der Waals surface area contributed by atoms with Crippen LogP contribution in [0.4, 0.5) is 23.7 Å². The first-order valence-corrected chi connectivity index (χ1v) is 15.6. The zero-order chi connectivity index (χ0) is 32.8. The number of carbonyl (C=O) groups is 1. The number of aromatic nitrogens is 3. The van der Waals surface area contributed by atoms with E-state index in [9.17, 15) is 18.0 Å². The Morgan fingerprint density at radius 2 is 1.80 bits per heavy atom. The third-order valence-electron chi connectivity index (χ3n) is 7.29. The van der Waals surface area contributed by atoms with Gasteiger partial charge in [0.05, 0.1) is 12.8 Å². The van der Waals surface area contributed by atoms with Gasteiger partial charge >= 0.3 is 12.4 Å². The fourth-order valence-electron chi connectivity index (χ4n) is 4.93. The Morgan fingerprint density at radius 3 is 2.48 bits per heavy atom. The van der Waals surface area contributed by atoms with Crippen molar-refractivity contribution < 1.29 is 27.4 Å². The van der Waals surface area contributed by atoms with Gasteiger partial charge in [0.25, 0.3) is 0 Å². The number of aliphatic imine (C=N–C) groups is 2. The molecule has 3 aromatic carbocycles. The molecular weight excluding hydrogens is 617 g/mol. The lowest BCUT2D eigenvalue weighted by Crippen LogP contribution is -2.42. The second-order valence-electron chi connectivity index (χ2n) is 10.9. The second-order valence-corrected chi connectivity index (χ2v) is 11.9. The van der Waals surface area contributed by atoms with Crippen molar-refractivity contribution in [3.05, 3.63) is 84.2 Å². The molecule has 1 atom stereocenters. The van der Waals surface area contributed by atoms with E-state index in [0.717, 1.165) is 40.3 Å². The highest BCUT2D eigenvalue weighted by Gasteiger charge is 2.31. The van der Waals surface area contributed by atoms with Gasteiger partial charge in [0, 0.05) is 35.7 Å². The summed E-state index contributed by atoms with van der Waals surface area (Å²) in [5.74, 6) is 2.03. The predicted molar refractivity (Wildman–Crippen MR) is 175 cm³/mol. The molecule has 13 heteroatoms. The largest absolute Gasteiger partial charge is 0.573 e. The number of alkyl halides is 3. The SMILES string of the molecule is COc1ccc(N2C(=NC(=O)N=CCc3ccc(-c4ncn(-c5ccc(OC(F)(F)F)cc5)n4)cc3)SCCC2C)c(C(C)C)c1. The maximum Gasteiger partial charge on any atom is 0.573 e. The Hall–Kier alpha value is -4.65. The van der Waals surface area contributed by atoms with E-state index in [2.05, 4.69) is 50.5 Å². The van der Waals surface area contributed by atoms with Crippen molar-refractivity contribution in [3.63, 3.8) is 0 Å². The van der Waals surface area contributed by atoms with Crippen LogP contribution in [0.2, 0.25) is 0 Å². The van der Waals surface area contributed by atoms with E-state index in [1.807, 2.05) is 42.5 Å². The van der Waals surface area contributed by atoms with E-state index < -0.39 is 12.4 Å². The number of carbonyl (C=O) groups excluding carboxylic acids is 1. The monoisotopic (exact) mass is 650 g/mol. The lowest BCUT2D eigenvalue weighted by Gasteiger charge is -2.37. The molecule has 0 radical (unpaired) electrons. The zero-order valence-electron chi connectivity index (χ0n) is 25.7. The lowest BCUT2D eigenvalue weighted by molar-refractivity contribution is -0.274. The summed E-state index contributed by atoms with van der Waals surface area (Å²) in [5.41, 5.74) is 4.34. The smallest absolute Gasteiger partial charge is 0.497 e. The average molecular weight is 651 g/mol. The van der Waals surface area contributed by atoms with Gasteiger partial charge in [-0.2, -0.15) is 4.99 Å². The van der Waals surface area contributed by atoms with Crippen molar-refractivity contribution in [2.24, 2.45) is 9.98 Å². The molecule has 240 valence electrons. The molecule has 1 aromatic heterocycles. The number of nitrogens with zero attached hydrogens (tertiary/aromatic N) is 6. The van der Waals surface area contributed by atoms with Gasteiger partial charge in [0.1, 0.15) is 17.8 Å². The van der Waals surface area contributed by atoms with Gasteiger partial charge in [0.2, 0.25) is 0 Å². The molecule has 46 heavy (non-hydrogen) atoms. The molecule has 2 heterocycles. The van der Waals surface area contributed by atoms with Crippen LogP contribution in [0.1, 0.15) is 44.2 Å². The molecule has 2 amide bonds. The van der Waals surface area contributed by atoms with Crippen molar-refractivity contribution in [2.75, 3.05) is 17.8 Å². The third-order valence-corrected chi connectivity index (χ3v) is 8.27. The topological polar surface area (TPSA) is 94.2 Å². The predicted octanol–water partition coefficient (Wildman–Crippen LogP) is 8.09. The van der Waals surface area contributed by atoms with Gasteiger partial charge in [-0.15, -0.1) is 18.3 Å². The quantitative estimate of drug-likeness (QED) is 0.178. The summed E-state index contributed by atoms with van der Waals surface area (Å²) in [6.45, 7) is 6.39. The standard InChI is InChI=1S/C33H33F3N6O3S/c1-21(2)28-19-27(44-4)13-14-29(28)42-22(3)16-18-46-32(42)39-31(43)37-17-15-23-5-7-24(8-6-23)30-38-20-41(40-30)25-9-11-26(12-10-25)45-33(34,35)36/h5-14,17,19-22H,15-16,18H2,1-4H3. The maximum atomic E-state index is 12.8. The van der Waals surface area contributed by atoms with E-state index in [1.54, 1.807) is 25.1 Å². The number of amidine groups is 1. The third kappa shape index (κ3) is 8.13. The molecule has 1 aliphatic rings. The maximum absolute atomic E-state index is 12.8. The van der Waals surface area contributed by atoms with Gasteiger partial charge in [-0.3, -0.25) is 0 Å². The van der Waals surface area contributed by atoms with Gasteiger partial charge in [-0.25, -0.2) is 19.5 Å². The summed E-state index contributed by atoms with van der Waals surface area (Å²) in [4.78, 5) is 27.7. The molecule has 1 fully saturated rings. The Balaban J connectivity index is 1.23. The van der Waals surface area contributed by atoms with Crippen molar-refractivity contribution >= 4 is 34.9 Å². The van der Waals surface area contributed by atoms with Crippen molar-refractivity contribution in [1.29, 1.82) is 0 Å². The number of amides is 2. The van der Waals surface area contributed by atoms with Crippen LogP contribution in [0.15, 0.2) is 83.0 Å². The van der Waals surface area contributed by atoms with Gasteiger partial charge < -0.3 is 14.4 Å². The number of hydrogen-bond acceptors (Lipinski definition) is 6. The van der Waals surface area contributed by atoms with Crippen molar-refractivity contribution in [3.8, 4) is 28.6 Å². The Morgan fingerprint density at radius 1 is 1.09 bits per heavy atom. The van der Waals surface area contributed by atoms with E-state index in [-0.39, 0.29) is 17.7 Å². The van der Waals surface area contributed by atoms with Crippen LogP contribution in [0.25, 0.3) is 17.1 Å². The molecular formula is C33H33F3N6O3S. The average Bonchev–Trinajstić information content (AvgIpc) is 3.51. The molecule has 5 rings (SSSR count). The summed E-state index contributed by atoms with van der Waals surface area (Å²) in [5, 5.41) is 5.06. The fourth-order valence-corrected chi connectivity index (χ4v) is 6.13. The molecule has 0 N–H and O–H groups in total. The highest BCUT2D eigenvalue weighted by Crippen LogP contribution is 2.37. The molecule has 9 nitrogen and oxygen atoms in total. The van der Waals surface area contributed by atoms with Crippen LogP contribution in [-0.4, -0.2) is 57.4 Å². The molecule has 1 unspecified atom stereocenters. The normalized spacial score (nSPS) is 16.4. The molecule has 1 saturated heterocycles. The van der Waals surface area contributed by atoms with Crippen molar-refractivity contribution in [1.82, 2.24) is 14.8 Å². The first-order chi connectivity index (χ1) is 22.0. The number of anilines is 1. The number of ether oxygens (including phenoxy) is 2. The number of urea groups is 1. The zero-order valence-corrected chi connectivity index (χ0v) is 26.5. The first-order valence-electron chi connectivity index (χ1n) is 14.6. The molecule has 0 spiro atoms. The minimum absolute atomic E-state index is 0.167. The Labute approximate surface area is 269 Å². The molecule has 0 aliphatic carbocycles. The second kappa shape index (κ2) is 14.2. The molecule has 1 aliphatic heterocycles. The minimum atomic E-state index is -4.75. The van der Waals surface area contributed by atoms with Crippen LogP contribution in [0, 0.1) is 0 Å².